The molecule has 0 atom stereocenters. The van der Waals surface area contributed by atoms with Gasteiger partial charge in [0.15, 0.2) is 5.75 Å². The summed E-state index contributed by atoms with van der Waals surface area (Å²) in [5.41, 5.74) is 1.30. The summed E-state index contributed by atoms with van der Waals surface area (Å²) in [5.74, 6) is 0.503. The van der Waals surface area contributed by atoms with Crippen LogP contribution in [-0.4, -0.2) is 20.9 Å². The number of carbonyl (C=O) groups excluding carboxylic acids is 1. The summed E-state index contributed by atoms with van der Waals surface area (Å²) in [6.45, 7) is 1.77. The third-order valence-corrected chi connectivity index (χ3v) is 2.72. The van der Waals surface area contributed by atoms with E-state index in [0.717, 1.165) is 10.9 Å². The third-order valence-electron chi connectivity index (χ3n) is 2.72. The van der Waals surface area contributed by atoms with Crippen LogP contribution in [-0.2, 0) is 0 Å². The van der Waals surface area contributed by atoms with Gasteiger partial charge in [0, 0.05) is 10.9 Å². The summed E-state index contributed by atoms with van der Waals surface area (Å²) in [6, 6.07) is 9.41. The van der Waals surface area contributed by atoms with Gasteiger partial charge in [-0.1, -0.05) is 18.2 Å². The van der Waals surface area contributed by atoms with Crippen molar-refractivity contribution in [1.82, 2.24) is 15.0 Å². The Balaban J connectivity index is 1.85. The molecular formula is C14H11N3O2. The maximum absolute atomic E-state index is 12.0. The first-order valence-corrected chi connectivity index (χ1v) is 5.81. The summed E-state index contributed by atoms with van der Waals surface area (Å²) in [5, 5.41) is 0.967. The van der Waals surface area contributed by atoms with Crippen molar-refractivity contribution in [3.63, 3.8) is 0 Å². The monoisotopic (exact) mass is 253 g/mol. The number of H-pyrrole nitrogens is 1. The predicted molar refractivity (Wildman–Crippen MR) is 70.0 cm³/mol. The molecule has 0 bridgehead atoms. The molecule has 0 aliphatic rings. The predicted octanol–water partition coefficient (Wildman–Crippen LogP) is 2.49. The fraction of sp³-hybridized carbons (Fsp3) is 0.0714. The smallest absolute Gasteiger partial charge is 0.360 e. The zero-order valence-electron chi connectivity index (χ0n) is 10.3. The van der Waals surface area contributed by atoms with E-state index in [1.165, 1.54) is 12.4 Å². The van der Waals surface area contributed by atoms with E-state index < -0.39 is 5.97 Å². The molecule has 2 aromatic heterocycles. The topological polar surface area (TPSA) is 67.9 Å². The molecule has 0 fully saturated rings. The van der Waals surface area contributed by atoms with E-state index >= 15 is 0 Å². The van der Waals surface area contributed by atoms with E-state index in [1.807, 2.05) is 24.3 Å². The Kier molecular flexibility index (Phi) is 2.72. The highest BCUT2D eigenvalue weighted by Crippen LogP contribution is 2.16. The number of para-hydroxylation sites is 1. The largest absolute Gasteiger partial charge is 0.419 e. The Labute approximate surface area is 109 Å². The van der Waals surface area contributed by atoms with Gasteiger partial charge in [-0.05, 0) is 19.1 Å². The minimum atomic E-state index is -0.455. The molecule has 1 aromatic carbocycles. The zero-order chi connectivity index (χ0) is 13.2. The van der Waals surface area contributed by atoms with Crippen LogP contribution in [0.4, 0.5) is 0 Å². The van der Waals surface area contributed by atoms with Crippen LogP contribution in [0.15, 0.2) is 42.7 Å². The van der Waals surface area contributed by atoms with Crippen molar-refractivity contribution >= 4 is 16.9 Å². The van der Waals surface area contributed by atoms with Crippen LogP contribution in [0.1, 0.15) is 16.3 Å². The highest BCUT2D eigenvalue weighted by Gasteiger charge is 2.12. The third kappa shape index (κ3) is 2.30. The molecule has 3 aromatic rings. The SMILES string of the molecule is Cc1ncc(OC(=O)c2cc3ccccc3[nH]2)cn1. The summed E-state index contributed by atoms with van der Waals surface area (Å²) in [6.07, 6.45) is 2.95. The maximum atomic E-state index is 12.0. The summed E-state index contributed by atoms with van der Waals surface area (Å²) in [7, 11) is 0. The number of aryl methyl sites for hydroxylation is 1. The lowest BCUT2D eigenvalue weighted by Gasteiger charge is -2.01. The average Bonchev–Trinajstić information content (AvgIpc) is 2.85. The molecule has 0 spiro atoms. The first-order valence-electron chi connectivity index (χ1n) is 5.81. The van der Waals surface area contributed by atoms with Gasteiger partial charge in [0.2, 0.25) is 0 Å². The van der Waals surface area contributed by atoms with E-state index in [1.54, 1.807) is 13.0 Å². The van der Waals surface area contributed by atoms with Gasteiger partial charge < -0.3 is 9.72 Å². The van der Waals surface area contributed by atoms with Crippen LogP contribution in [0.5, 0.6) is 5.75 Å². The number of aromatic amines is 1. The number of aromatic nitrogens is 3. The fourth-order valence-corrected chi connectivity index (χ4v) is 1.78. The van der Waals surface area contributed by atoms with E-state index in [-0.39, 0.29) is 0 Å². The van der Waals surface area contributed by atoms with E-state index in [2.05, 4.69) is 15.0 Å². The van der Waals surface area contributed by atoms with Crippen molar-refractivity contribution in [1.29, 1.82) is 0 Å². The Hall–Kier alpha value is -2.69. The number of esters is 1. The van der Waals surface area contributed by atoms with Crippen molar-refractivity contribution in [2.24, 2.45) is 0 Å². The molecule has 0 aliphatic carbocycles. The van der Waals surface area contributed by atoms with E-state index in [4.69, 9.17) is 4.74 Å². The number of nitrogens with one attached hydrogen (secondary N) is 1. The normalized spacial score (nSPS) is 10.6. The Morgan fingerprint density at radius 2 is 1.95 bits per heavy atom. The molecule has 94 valence electrons. The summed E-state index contributed by atoms with van der Waals surface area (Å²) < 4.78 is 5.19. The van der Waals surface area contributed by atoms with Gasteiger partial charge in [0.25, 0.3) is 0 Å². The molecular weight excluding hydrogens is 242 g/mol. The van der Waals surface area contributed by atoms with E-state index in [9.17, 15) is 4.79 Å². The second kappa shape index (κ2) is 4.53. The first kappa shape index (κ1) is 11.4. The van der Waals surface area contributed by atoms with Crippen molar-refractivity contribution < 1.29 is 9.53 Å². The molecule has 0 amide bonds. The van der Waals surface area contributed by atoms with Crippen molar-refractivity contribution in [2.75, 3.05) is 0 Å². The number of hydrogen-bond acceptors (Lipinski definition) is 4. The van der Waals surface area contributed by atoms with Gasteiger partial charge in [-0.3, -0.25) is 0 Å². The van der Waals surface area contributed by atoms with Gasteiger partial charge in [0.1, 0.15) is 11.5 Å². The van der Waals surface area contributed by atoms with Crippen LogP contribution < -0.4 is 4.74 Å². The Morgan fingerprint density at radius 1 is 1.21 bits per heavy atom. The molecule has 0 saturated heterocycles. The standard InChI is InChI=1S/C14H11N3O2/c1-9-15-7-11(8-16-9)19-14(18)13-6-10-4-2-3-5-12(10)17-13/h2-8,17H,1H3. The number of rotatable bonds is 2. The van der Waals surface area contributed by atoms with Crippen LogP contribution in [0.3, 0.4) is 0 Å². The molecule has 5 heteroatoms. The lowest BCUT2D eigenvalue weighted by molar-refractivity contribution is 0.0728. The van der Waals surface area contributed by atoms with Gasteiger partial charge in [-0.2, -0.15) is 0 Å². The molecule has 0 saturated carbocycles. The Morgan fingerprint density at radius 3 is 2.68 bits per heavy atom. The molecule has 3 rings (SSSR count). The van der Waals surface area contributed by atoms with Gasteiger partial charge >= 0.3 is 5.97 Å². The number of carbonyl (C=O) groups is 1. The minimum absolute atomic E-state index is 0.328. The zero-order valence-corrected chi connectivity index (χ0v) is 10.3. The minimum Gasteiger partial charge on any atom is -0.419 e. The van der Waals surface area contributed by atoms with Crippen LogP contribution in [0.25, 0.3) is 10.9 Å². The number of hydrogen-bond donors (Lipinski definition) is 1. The highest BCUT2D eigenvalue weighted by molar-refractivity contribution is 5.95. The number of fused-ring (bicyclic) bond motifs is 1. The van der Waals surface area contributed by atoms with E-state index in [0.29, 0.717) is 17.3 Å². The van der Waals surface area contributed by atoms with Crippen LogP contribution >= 0.6 is 0 Å². The molecule has 0 aliphatic heterocycles. The van der Waals surface area contributed by atoms with Crippen molar-refractivity contribution in [3.8, 4) is 5.75 Å². The molecule has 2 heterocycles. The molecule has 1 N–H and O–H groups in total. The number of benzene rings is 1. The fourth-order valence-electron chi connectivity index (χ4n) is 1.78. The first-order chi connectivity index (χ1) is 9.22. The van der Waals surface area contributed by atoms with Crippen LogP contribution in [0, 0.1) is 6.92 Å². The molecule has 0 unspecified atom stereocenters. The molecule has 5 nitrogen and oxygen atoms in total. The second-order valence-electron chi connectivity index (χ2n) is 4.13. The van der Waals surface area contributed by atoms with Crippen LogP contribution in [0.2, 0.25) is 0 Å². The van der Waals surface area contributed by atoms with Crippen molar-refractivity contribution in [3.05, 3.63) is 54.2 Å². The van der Waals surface area contributed by atoms with Crippen molar-refractivity contribution in [2.45, 2.75) is 6.92 Å². The second-order valence-corrected chi connectivity index (χ2v) is 4.13. The Bertz CT molecular complexity index is 699. The molecule has 19 heavy (non-hydrogen) atoms. The van der Waals surface area contributed by atoms with Gasteiger partial charge in [-0.15, -0.1) is 0 Å². The average molecular weight is 253 g/mol. The quantitative estimate of drug-likeness (QED) is 0.712. The maximum Gasteiger partial charge on any atom is 0.360 e. The highest BCUT2D eigenvalue weighted by atomic mass is 16.5. The number of nitrogens with zero attached hydrogens (tertiary/aromatic N) is 2. The number of ether oxygens (including phenoxy) is 1. The van der Waals surface area contributed by atoms with Gasteiger partial charge in [-0.25, -0.2) is 14.8 Å². The lowest BCUT2D eigenvalue weighted by atomic mass is 10.2. The summed E-state index contributed by atoms with van der Waals surface area (Å²) in [4.78, 5) is 22.9. The lowest BCUT2D eigenvalue weighted by Crippen LogP contribution is -2.09. The molecule has 0 radical (unpaired) electrons. The summed E-state index contributed by atoms with van der Waals surface area (Å²) >= 11 is 0. The van der Waals surface area contributed by atoms with Gasteiger partial charge in [0.05, 0.1) is 12.4 Å².